The van der Waals surface area contributed by atoms with Gasteiger partial charge in [-0.05, 0) is 38.1 Å². The zero-order valence-electron chi connectivity index (χ0n) is 18.4. The maximum absolute atomic E-state index is 4.98. The number of aromatic nitrogens is 2. The van der Waals surface area contributed by atoms with Gasteiger partial charge in [-0.2, -0.15) is 5.10 Å². The van der Waals surface area contributed by atoms with Crippen LogP contribution in [0.25, 0.3) is 16.9 Å². The molecule has 0 amide bonds. The maximum Gasteiger partial charge on any atom is 0.0972 e. The maximum atomic E-state index is 4.98. The minimum absolute atomic E-state index is 0.955. The lowest BCUT2D eigenvalue weighted by atomic mass is 10.1. The molecule has 3 aromatic rings. The molecule has 0 spiro atoms. The van der Waals surface area contributed by atoms with Gasteiger partial charge in [0.2, 0.25) is 0 Å². The van der Waals surface area contributed by atoms with Gasteiger partial charge in [-0.25, -0.2) is 4.68 Å². The molecule has 0 unspecified atom stereocenters. The van der Waals surface area contributed by atoms with Gasteiger partial charge in [0.1, 0.15) is 0 Å². The van der Waals surface area contributed by atoms with Crippen molar-refractivity contribution in [1.82, 2.24) is 24.5 Å². The van der Waals surface area contributed by atoms with E-state index in [2.05, 4.69) is 81.6 Å². The van der Waals surface area contributed by atoms with Crippen LogP contribution in [0.2, 0.25) is 0 Å². The van der Waals surface area contributed by atoms with E-state index in [4.69, 9.17) is 5.10 Å². The summed E-state index contributed by atoms with van der Waals surface area (Å²) >= 11 is 0. The standard InChI is InChI=1S/C26H33N5/c1-3-9-23(10-4-1)26-24(22-31(27-26)25-11-5-2-6-12-25)21-30-19-17-29(18-20-30)16-15-28-13-7-8-14-28/h1-6,9-12,22H,7-8,13-21H2. The second kappa shape index (κ2) is 9.77. The van der Waals surface area contributed by atoms with Gasteiger partial charge < -0.3 is 4.90 Å². The van der Waals surface area contributed by atoms with Gasteiger partial charge in [0.05, 0.1) is 11.4 Å². The summed E-state index contributed by atoms with van der Waals surface area (Å²) in [5.74, 6) is 0. The van der Waals surface area contributed by atoms with E-state index in [1.165, 1.54) is 63.2 Å². The van der Waals surface area contributed by atoms with Crippen LogP contribution in [0.15, 0.2) is 66.9 Å². The van der Waals surface area contributed by atoms with E-state index in [0.29, 0.717) is 0 Å². The summed E-state index contributed by atoms with van der Waals surface area (Å²) in [7, 11) is 0. The largest absolute Gasteiger partial charge is 0.302 e. The van der Waals surface area contributed by atoms with Crippen molar-refractivity contribution < 1.29 is 0 Å². The van der Waals surface area contributed by atoms with Crippen molar-refractivity contribution in [2.75, 3.05) is 52.4 Å². The first-order valence-electron chi connectivity index (χ1n) is 11.7. The van der Waals surface area contributed by atoms with E-state index in [1.54, 1.807) is 0 Å². The van der Waals surface area contributed by atoms with Crippen molar-refractivity contribution in [2.24, 2.45) is 0 Å². The summed E-state index contributed by atoms with van der Waals surface area (Å²) in [6.07, 6.45) is 4.99. The van der Waals surface area contributed by atoms with Crippen LogP contribution in [0.5, 0.6) is 0 Å². The van der Waals surface area contributed by atoms with E-state index in [9.17, 15) is 0 Å². The highest BCUT2D eigenvalue weighted by Crippen LogP contribution is 2.25. The average molecular weight is 416 g/mol. The number of piperazine rings is 1. The zero-order valence-corrected chi connectivity index (χ0v) is 18.4. The predicted molar refractivity (Wildman–Crippen MR) is 126 cm³/mol. The van der Waals surface area contributed by atoms with E-state index in [-0.39, 0.29) is 0 Å². The monoisotopic (exact) mass is 415 g/mol. The molecule has 2 fully saturated rings. The Morgan fingerprint density at radius 2 is 1.23 bits per heavy atom. The summed E-state index contributed by atoms with van der Waals surface area (Å²) < 4.78 is 2.03. The highest BCUT2D eigenvalue weighted by molar-refractivity contribution is 5.63. The van der Waals surface area contributed by atoms with Gasteiger partial charge in [-0.15, -0.1) is 0 Å². The summed E-state index contributed by atoms with van der Waals surface area (Å²) in [6, 6.07) is 21.0. The number of para-hydroxylation sites is 1. The summed E-state index contributed by atoms with van der Waals surface area (Å²) in [5, 5.41) is 4.98. The first kappa shape index (κ1) is 20.4. The normalized spacial score (nSPS) is 18.6. The van der Waals surface area contributed by atoms with Crippen molar-refractivity contribution in [3.63, 3.8) is 0 Å². The minimum atomic E-state index is 0.955. The first-order valence-corrected chi connectivity index (χ1v) is 11.7. The third-order valence-electron chi connectivity index (χ3n) is 6.65. The SMILES string of the molecule is c1ccc(-c2nn(-c3ccccc3)cc2CN2CCN(CCN3CCCC3)CC2)cc1. The lowest BCUT2D eigenvalue weighted by Crippen LogP contribution is -2.47. The highest BCUT2D eigenvalue weighted by atomic mass is 15.3. The highest BCUT2D eigenvalue weighted by Gasteiger charge is 2.21. The van der Waals surface area contributed by atoms with Gasteiger partial charge in [-0.3, -0.25) is 9.80 Å². The van der Waals surface area contributed by atoms with Gasteiger partial charge >= 0.3 is 0 Å². The van der Waals surface area contributed by atoms with Crippen LogP contribution >= 0.6 is 0 Å². The first-order chi connectivity index (χ1) is 15.3. The fourth-order valence-corrected chi connectivity index (χ4v) is 4.78. The topological polar surface area (TPSA) is 27.5 Å². The van der Waals surface area contributed by atoms with Crippen molar-refractivity contribution in [1.29, 1.82) is 0 Å². The van der Waals surface area contributed by atoms with Crippen molar-refractivity contribution >= 4 is 0 Å². The van der Waals surface area contributed by atoms with Crippen LogP contribution < -0.4 is 0 Å². The molecule has 0 atom stereocenters. The summed E-state index contributed by atoms with van der Waals surface area (Å²) in [4.78, 5) is 7.85. The Labute approximate surface area is 185 Å². The Balaban J connectivity index is 1.26. The lowest BCUT2D eigenvalue weighted by Gasteiger charge is -2.35. The predicted octanol–water partition coefficient (Wildman–Crippen LogP) is 3.75. The number of likely N-dealkylation sites (tertiary alicyclic amines) is 1. The van der Waals surface area contributed by atoms with E-state index < -0.39 is 0 Å². The second-order valence-corrected chi connectivity index (χ2v) is 8.82. The Morgan fingerprint density at radius 1 is 0.645 bits per heavy atom. The van der Waals surface area contributed by atoms with Crippen molar-refractivity contribution in [3.05, 3.63) is 72.4 Å². The molecule has 5 rings (SSSR count). The molecule has 2 aliphatic heterocycles. The Morgan fingerprint density at radius 3 is 1.90 bits per heavy atom. The molecular formula is C26H33N5. The molecule has 3 heterocycles. The molecule has 2 aromatic carbocycles. The molecule has 1 aromatic heterocycles. The Bertz CT molecular complexity index is 938. The van der Waals surface area contributed by atoms with E-state index in [1.807, 2.05) is 4.68 Å². The molecule has 0 saturated carbocycles. The fourth-order valence-electron chi connectivity index (χ4n) is 4.78. The van der Waals surface area contributed by atoms with Gasteiger partial charge in [0.25, 0.3) is 0 Å². The molecule has 5 nitrogen and oxygen atoms in total. The lowest BCUT2D eigenvalue weighted by molar-refractivity contribution is 0.118. The second-order valence-electron chi connectivity index (χ2n) is 8.82. The molecule has 2 saturated heterocycles. The number of hydrogen-bond acceptors (Lipinski definition) is 4. The number of rotatable bonds is 7. The summed E-state index contributed by atoms with van der Waals surface area (Å²) in [6.45, 7) is 10.6. The van der Waals surface area contributed by atoms with Gasteiger partial charge in [-0.1, -0.05) is 48.5 Å². The molecule has 0 bridgehead atoms. The van der Waals surface area contributed by atoms with E-state index in [0.717, 1.165) is 31.0 Å². The average Bonchev–Trinajstić information content (AvgIpc) is 3.50. The molecule has 2 aliphatic rings. The molecule has 0 radical (unpaired) electrons. The number of hydrogen-bond donors (Lipinski definition) is 0. The van der Waals surface area contributed by atoms with Crippen LogP contribution in [0, 0.1) is 0 Å². The number of benzene rings is 2. The minimum Gasteiger partial charge on any atom is -0.302 e. The van der Waals surface area contributed by atoms with Crippen LogP contribution in [0.1, 0.15) is 18.4 Å². The van der Waals surface area contributed by atoms with Crippen LogP contribution in [-0.4, -0.2) is 76.8 Å². The molecule has 5 heteroatoms. The quantitative estimate of drug-likeness (QED) is 0.587. The zero-order chi connectivity index (χ0) is 20.9. The third-order valence-corrected chi connectivity index (χ3v) is 6.65. The Hall–Kier alpha value is -2.47. The third kappa shape index (κ3) is 5.06. The molecule has 0 aliphatic carbocycles. The van der Waals surface area contributed by atoms with Crippen LogP contribution in [0.3, 0.4) is 0 Å². The van der Waals surface area contributed by atoms with E-state index >= 15 is 0 Å². The van der Waals surface area contributed by atoms with Crippen LogP contribution in [0.4, 0.5) is 0 Å². The van der Waals surface area contributed by atoms with Crippen LogP contribution in [-0.2, 0) is 6.54 Å². The molecule has 31 heavy (non-hydrogen) atoms. The summed E-state index contributed by atoms with van der Waals surface area (Å²) in [5.41, 5.74) is 4.70. The molecule has 0 N–H and O–H groups in total. The Kier molecular flexibility index (Phi) is 6.44. The number of nitrogens with zero attached hydrogens (tertiary/aromatic N) is 5. The van der Waals surface area contributed by atoms with Gasteiger partial charge in [0.15, 0.2) is 0 Å². The fraction of sp³-hybridized carbons (Fsp3) is 0.423. The smallest absolute Gasteiger partial charge is 0.0972 e. The molecule has 162 valence electrons. The molecular weight excluding hydrogens is 382 g/mol. The van der Waals surface area contributed by atoms with Crippen molar-refractivity contribution in [2.45, 2.75) is 19.4 Å². The van der Waals surface area contributed by atoms with Gasteiger partial charge in [0, 0.05) is 63.1 Å². The van der Waals surface area contributed by atoms with Crippen molar-refractivity contribution in [3.8, 4) is 16.9 Å².